The van der Waals surface area contributed by atoms with Crippen LogP contribution in [0.5, 0.6) is 5.75 Å². The van der Waals surface area contributed by atoms with Crippen LogP contribution in [0.3, 0.4) is 0 Å². The fourth-order valence-corrected chi connectivity index (χ4v) is 2.05. The molecule has 0 heterocycles. The van der Waals surface area contributed by atoms with Crippen LogP contribution in [-0.4, -0.2) is 31.1 Å². The summed E-state index contributed by atoms with van der Waals surface area (Å²) in [7, 11) is 0. The van der Waals surface area contributed by atoms with Crippen LogP contribution in [0.4, 0.5) is 0 Å². The molecule has 0 aliphatic rings. The minimum atomic E-state index is -0.574. The molecule has 0 saturated heterocycles. The maximum Gasteiger partial charge on any atom is 0.344 e. The van der Waals surface area contributed by atoms with Crippen LogP contribution in [0.2, 0.25) is 0 Å². The summed E-state index contributed by atoms with van der Waals surface area (Å²) >= 11 is 0. The van der Waals surface area contributed by atoms with E-state index >= 15 is 0 Å². The van der Waals surface area contributed by atoms with Gasteiger partial charge in [-0.1, -0.05) is 44.2 Å². The quantitative estimate of drug-likeness (QED) is 0.793. The molecule has 0 aliphatic heterocycles. The smallest absolute Gasteiger partial charge is 0.344 e. The van der Waals surface area contributed by atoms with E-state index in [1.807, 2.05) is 57.2 Å². The SMILES string of the molecule is CC(C)[C@H](C)NC(=O)COC(=O)COc1ccc2ccccc2c1. The molecular formula is C19H23NO4. The first-order valence-corrected chi connectivity index (χ1v) is 8.02. The van der Waals surface area contributed by atoms with E-state index in [2.05, 4.69) is 5.32 Å². The Bertz CT molecular complexity index is 711. The van der Waals surface area contributed by atoms with E-state index in [1.165, 1.54) is 0 Å². The van der Waals surface area contributed by atoms with E-state index in [0.717, 1.165) is 10.8 Å². The van der Waals surface area contributed by atoms with Crippen LogP contribution in [0.1, 0.15) is 20.8 Å². The third-order valence-electron chi connectivity index (χ3n) is 3.83. The molecule has 0 spiro atoms. The lowest BCUT2D eigenvalue weighted by Crippen LogP contribution is -2.39. The molecule has 5 heteroatoms. The van der Waals surface area contributed by atoms with Crippen LogP contribution >= 0.6 is 0 Å². The number of benzene rings is 2. The molecule has 24 heavy (non-hydrogen) atoms. The molecule has 2 aromatic rings. The molecule has 0 saturated carbocycles. The van der Waals surface area contributed by atoms with Gasteiger partial charge >= 0.3 is 5.97 Å². The van der Waals surface area contributed by atoms with Gasteiger partial charge in [0.15, 0.2) is 13.2 Å². The van der Waals surface area contributed by atoms with Gasteiger partial charge in [0.1, 0.15) is 5.75 Å². The molecular weight excluding hydrogens is 306 g/mol. The lowest BCUT2D eigenvalue weighted by atomic mass is 10.1. The van der Waals surface area contributed by atoms with Gasteiger partial charge in [0.2, 0.25) is 0 Å². The zero-order valence-electron chi connectivity index (χ0n) is 14.2. The number of ether oxygens (including phenoxy) is 2. The fourth-order valence-electron chi connectivity index (χ4n) is 2.05. The van der Waals surface area contributed by atoms with Crippen LogP contribution in [0, 0.1) is 5.92 Å². The summed E-state index contributed by atoms with van der Waals surface area (Å²) < 4.78 is 10.3. The Morgan fingerprint density at radius 3 is 2.42 bits per heavy atom. The second kappa shape index (κ2) is 8.34. The van der Waals surface area contributed by atoms with Crippen molar-refractivity contribution in [2.24, 2.45) is 5.92 Å². The van der Waals surface area contributed by atoms with Crippen molar-refractivity contribution in [1.29, 1.82) is 0 Å². The molecule has 0 bridgehead atoms. The van der Waals surface area contributed by atoms with Gasteiger partial charge in [-0.2, -0.15) is 0 Å². The molecule has 0 fully saturated rings. The van der Waals surface area contributed by atoms with Crippen molar-refractivity contribution >= 4 is 22.6 Å². The van der Waals surface area contributed by atoms with Crippen molar-refractivity contribution in [3.8, 4) is 5.75 Å². The average Bonchev–Trinajstić information content (AvgIpc) is 2.57. The summed E-state index contributed by atoms with van der Waals surface area (Å²) in [5.74, 6) is 0.0233. The van der Waals surface area contributed by atoms with E-state index in [4.69, 9.17) is 9.47 Å². The summed E-state index contributed by atoms with van der Waals surface area (Å²) in [6.07, 6.45) is 0. The maximum absolute atomic E-state index is 11.7. The van der Waals surface area contributed by atoms with Crippen molar-refractivity contribution in [1.82, 2.24) is 5.32 Å². The summed E-state index contributed by atoms with van der Waals surface area (Å²) in [4.78, 5) is 23.3. The van der Waals surface area contributed by atoms with Gasteiger partial charge < -0.3 is 14.8 Å². The minimum Gasteiger partial charge on any atom is -0.482 e. The molecule has 0 radical (unpaired) electrons. The number of esters is 1. The number of amides is 1. The first kappa shape index (κ1) is 17.8. The molecule has 1 amide bonds. The standard InChI is InChI=1S/C19H23NO4/c1-13(2)14(3)20-18(21)11-24-19(22)12-23-17-9-8-15-6-4-5-7-16(15)10-17/h4-10,13-14H,11-12H2,1-3H3,(H,20,21)/t14-/m0/s1. The van der Waals surface area contributed by atoms with E-state index in [0.29, 0.717) is 11.7 Å². The van der Waals surface area contributed by atoms with Crippen LogP contribution in [0.25, 0.3) is 10.8 Å². The zero-order valence-corrected chi connectivity index (χ0v) is 14.2. The lowest BCUT2D eigenvalue weighted by molar-refractivity contribution is -0.150. The predicted molar refractivity (Wildman–Crippen MR) is 92.8 cm³/mol. The summed E-state index contributed by atoms with van der Waals surface area (Å²) in [5, 5.41) is 4.90. The normalized spacial score (nSPS) is 12.0. The molecule has 1 N–H and O–H groups in total. The summed E-state index contributed by atoms with van der Waals surface area (Å²) in [6.45, 7) is 5.40. The van der Waals surface area contributed by atoms with Gasteiger partial charge in [-0.25, -0.2) is 4.79 Å². The van der Waals surface area contributed by atoms with Crippen LogP contribution in [0.15, 0.2) is 42.5 Å². The third-order valence-corrected chi connectivity index (χ3v) is 3.83. The summed E-state index contributed by atoms with van der Waals surface area (Å²) in [5.41, 5.74) is 0. The molecule has 5 nitrogen and oxygen atoms in total. The maximum atomic E-state index is 11.7. The minimum absolute atomic E-state index is 0.0325. The largest absolute Gasteiger partial charge is 0.482 e. The van der Waals surface area contributed by atoms with Gasteiger partial charge in [0.25, 0.3) is 5.91 Å². The molecule has 0 unspecified atom stereocenters. The van der Waals surface area contributed by atoms with E-state index in [9.17, 15) is 9.59 Å². The number of carbonyl (C=O) groups is 2. The number of rotatable bonds is 7. The van der Waals surface area contributed by atoms with Gasteiger partial charge in [-0.05, 0) is 35.7 Å². The predicted octanol–water partition coefficient (Wildman–Crippen LogP) is 2.92. The Balaban J connectivity index is 1.77. The molecule has 0 aromatic heterocycles. The number of nitrogens with one attached hydrogen (secondary N) is 1. The van der Waals surface area contributed by atoms with Crippen molar-refractivity contribution in [2.75, 3.05) is 13.2 Å². The second-order valence-electron chi connectivity index (χ2n) is 6.06. The van der Waals surface area contributed by atoms with Crippen molar-refractivity contribution in [3.63, 3.8) is 0 Å². The van der Waals surface area contributed by atoms with Gasteiger partial charge in [0.05, 0.1) is 0 Å². The first-order valence-electron chi connectivity index (χ1n) is 8.02. The highest BCUT2D eigenvalue weighted by Gasteiger charge is 2.13. The lowest BCUT2D eigenvalue weighted by Gasteiger charge is -2.17. The van der Waals surface area contributed by atoms with Gasteiger partial charge in [0, 0.05) is 6.04 Å². The van der Waals surface area contributed by atoms with Gasteiger partial charge in [-0.15, -0.1) is 0 Å². The Hall–Kier alpha value is -2.56. The first-order chi connectivity index (χ1) is 11.5. The van der Waals surface area contributed by atoms with Crippen LogP contribution in [-0.2, 0) is 14.3 Å². The van der Waals surface area contributed by atoms with E-state index in [1.54, 1.807) is 6.07 Å². The number of hydrogen-bond donors (Lipinski definition) is 1. The van der Waals surface area contributed by atoms with E-state index < -0.39 is 5.97 Å². The molecule has 128 valence electrons. The molecule has 2 aromatic carbocycles. The Kier molecular flexibility index (Phi) is 6.18. The van der Waals surface area contributed by atoms with Crippen molar-refractivity contribution < 1.29 is 19.1 Å². The average molecular weight is 329 g/mol. The highest BCUT2D eigenvalue weighted by molar-refractivity contribution is 5.84. The fraction of sp³-hybridized carbons (Fsp3) is 0.368. The number of carbonyl (C=O) groups excluding carboxylic acids is 2. The van der Waals surface area contributed by atoms with Gasteiger partial charge in [-0.3, -0.25) is 4.79 Å². The molecule has 0 aliphatic carbocycles. The topological polar surface area (TPSA) is 64.6 Å². The highest BCUT2D eigenvalue weighted by Crippen LogP contribution is 2.20. The number of fused-ring (bicyclic) bond motifs is 1. The van der Waals surface area contributed by atoms with Crippen molar-refractivity contribution in [2.45, 2.75) is 26.8 Å². The van der Waals surface area contributed by atoms with Crippen molar-refractivity contribution in [3.05, 3.63) is 42.5 Å². The van der Waals surface area contributed by atoms with Crippen LogP contribution < -0.4 is 10.1 Å². The zero-order chi connectivity index (χ0) is 17.5. The molecule has 2 rings (SSSR count). The number of hydrogen-bond acceptors (Lipinski definition) is 4. The second-order valence-corrected chi connectivity index (χ2v) is 6.06. The third kappa shape index (κ3) is 5.26. The highest BCUT2D eigenvalue weighted by atomic mass is 16.6. The summed E-state index contributed by atoms with van der Waals surface area (Å²) in [6, 6.07) is 13.5. The Labute approximate surface area is 141 Å². The Morgan fingerprint density at radius 2 is 1.71 bits per heavy atom. The molecule has 1 atom stereocenters. The monoisotopic (exact) mass is 329 g/mol. The Morgan fingerprint density at radius 1 is 1.00 bits per heavy atom. The van der Waals surface area contributed by atoms with E-state index in [-0.39, 0.29) is 25.2 Å².